The lowest BCUT2D eigenvalue weighted by Crippen LogP contribution is -2.39. The fraction of sp³-hybridized carbons (Fsp3) is 0.417. The predicted molar refractivity (Wildman–Crippen MR) is 63.1 cm³/mol. The van der Waals surface area contributed by atoms with E-state index >= 15 is 0 Å². The third kappa shape index (κ3) is 4.79. The Morgan fingerprint density at radius 2 is 2.50 bits per heavy atom. The van der Waals surface area contributed by atoms with Gasteiger partial charge in [0.2, 0.25) is 5.91 Å². The fourth-order valence-corrected chi connectivity index (χ4v) is 1.40. The van der Waals surface area contributed by atoms with Crippen molar-refractivity contribution in [3.05, 3.63) is 36.8 Å². The van der Waals surface area contributed by atoms with Crippen LogP contribution in [-0.2, 0) is 11.2 Å². The zero-order chi connectivity index (χ0) is 11.8. The van der Waals surface area contributed by atoms with E-state index in [0.717, 1.165) is 5.76 Å². The maximum atomic E-state index is 11.4. The van der Waals surface area contributed by atoms with Crippen LogP contribution in [0.2, 0.25) is 0 Å². The molecule has 0 aliphatic rings. The summed E-state index contributed by atoms with van der Waals surface area (Å²) in [5.74, 6) is 0.868. The van der Waals surface area contributed by atoms with Crippen molar-refractivity contribution in [2.75, 3.05) is 13.1 Å². The summed E-state index contributed by atoms with van der Waals surface area (Å²) in [6.45, 7) is 6.47. The van der Waals surface area contributed by atoms with E-state index in [1.165, 1.54) is 0 Å². The van der Waals surface area contributed by atoms with Crippen LogP contribution in [0.1, 0.15) is 12.7 Å². The van der Waals surface area contributed by atoms with Gasteiger partial charge >= 0.3 is 0 Å². The summed E-state index contributed by atoms with van der Waals surface area (Å²) in [7, 11) is 0. The Morgan fingerprint density at radius 1 is 1.69 bits per heavy atom. The normalized spacial score (nSPS) is 12.1. The molecular formula is C12H18N2O2. The molecule has 4 heteroatoms. The zero-order valence-corrected chi connectivity index (χ0v) is 9.53. The van der Waals surface area contributed by atoms with Crippen molar-refractivity contribution in [1.82, 2.24) is 10.6 Å². The molecule has 1 unspecified atom stereocenters. The van der Waals surface area contributed by atoms with E-state index in [-0.39, 0.29) is 11.9 Å². The third-order valence-corrected chi connectivity index (χ3v) is 2.07. The van der Waals surface area contributed by atoms with Crippen molar-refractivity contribution >= 4 is 5.91 Å². The van der Waals surface area contributed by atoms with E-state index < -0.39 is 0 Å². The molecule has 1 amide bonds. The topological polar surface area (TPSA) is 54.3 Å². The van der Waals surface area contributed by atoms with Crippen molar-refractivity contribution in [3.8, 4) is 0 Å². The first kappa shape index (κ1) is 12.5. The molecule has 88 valence electrons. The number of hydrogen-bond donors (Lipinski definition) is 2. The molecule has 0 saturated heterocycles. The summed E-state index contributed by atoms with van der Waals surface area (Å²) >= 11 is 0. The maximum Gasteiger partial charge on any atom is 0.234 e. The molecule has 0 saturated carbocycles. The van der Waals surface area contributed by atoms with Gasteiger partial charge in [-0.2, -0.15) is 0 Å². The molecule has 1 rings (SSSR count). The number of carbonyl (C=O) groups excluding carboxylic acids is 1. The highest BCUT2D eigenvalue weighted by Gasteiger charge is 2.08. The molecule has 1 atom stereocenters. The van der Waals surface area contributed by atoms with Gasteiger partial charge in [0, 0.05) is 19.0 Å². The van der Waals surface area contributed by atoms with Gasteiger partial charge in [0.25, 0.3) is 0 Å². The molecule has 0 aliphatic carbocycles. The van der Waals surface area contributed by atoms with Crippen molar-refractivity contribution in [2.45, 2.75) is 19.4 Å². The average molecular weight is 222 g/mol. The number of carbonyl (C=O) groups is 1. The molecule has 16 heavy (non-hydrogen) atoms. The zero-order valence-electron chi connectivity index (χ0n) is 9.53. The lowest BCUT2D eigenvalue weighted by molar-refractivity contribution is -0.120. The van der Waals surface area contributed by atoms with Crippen molar-refractivity contribution in [1.29, 1.82) is 0 Å². The summed E-state index contributed by atoms with van der Waals surface area (Å²) in [5.41, 5.74) is 0. The van der Waals surface area contributed by atoms with Crippen molar-refractivity contribution < 1.29 is 9.21 Å². The first-order valence-electron chi connectivity index (χ1n) is 5.35. The molecule has 1 aromatic heterocycles. The van der Waals surface area contributed by atoms with Gasteiger partial charge < -0.3 is 15.1 Å². The number of furan rings is 1. The first-order chi connectivity index (χ1) is 7.72. The number of rotatable bonds is 7. The standard InChI is InChI=1S/C12H18N2O2/c1-3-6-13-9-12(15)14-10(2)8-11-5-4-7-16-11/h3-5,7,10,13H,1,6,8-9H2,2H3,(H,14,15). The Balaban J connectivity index is 2.20. The largest absolute Gasteiger partial charge is 0.469 e. The Labute approximate surface area is 95.7 Å². The van der Waals surface area contributed by atoms with Crippen LogP contribution in [0.5, 0.6) is 0 Å². The molecule has 0 aromatic carbocycles. The van der Waals surface area contributed by atoms with Gasteiger partial charge in [-0.1, -0.05) is 6.08 Å². The van der Waals surface area contributed by atoms with Crippen LogP contribution in [0.15, 0.2) is 35.5 Å². The van der Waals surface area contributed by atoms with E-state index in [1.54, 1.807) is 12.3 Å². The third-order valence-electron chi connectivity index (χ3n) is 2.07. The van der Waals surface area contributed by atoms with Gasteiger partial charge in [-0.3, -0.25) is 4.79 Å². The molecule has 0 radical (unpaired) electrons. The quantitative estimate of drug-likeness (QED) is 0.536. The van der Waals surface area contributed by atoms with Crippen LogP contribution >= 0.6 is 0 Å². The Kier molecular flexibility index (Phi) is 5.36. The summed E-state index contributed by atoms with van der Waals surface area (Å²) in [5, 5.41) is 5.83. The van der Waals surface area contributed by atoms with E-state index in [2.05, 4.69) is 17.2 Å². The molecule has 4 nitrogen and oxygen atoms in total. The first-order valence-corrected chi connectivity index (χ1v) is 5.35. The highest BCUT2D eigenvalue weighted by molar-refractivity contribution is 5.78. The highest BCUT2D eigenvalue weighted by atomic mass is 16.3. The van der Waals surface area contributed by atoms with Crippen LogP contribution in [0.4, 0.5) is 0 Å². The molecule has 0 aliphatic heterocycles. The van der Waals surface area contributed by atoms with Gasteiger partial charge in [0.1, 0.15) is 5.76 Å². The molecule has 2 N–H and O–H groups in total. The number of hydrogen-bond acceptors (Lipinski definition) is 3. The second-order valence-electron chi connectivity index (χ2n) is 3.67. The highest BCUT2D eigenvalue weighted by Crippen LogP contribution is 2.03. The van der Waals surface area contributed by atoms with E-state index in [0.29, 0.717) is 19.5 Å². The van der Waals surface area contributed by atoms with Gasteiger partial charge in [-0.25, -0.2) is 0 Å². The SMILES string of the molecule is C=CCNCC(=O)NC(C)Cc1ccco1. The summed E-state index contributed by atoms with van der Waals surface area (Å²) in [6, 6.07) is 3.82. The molecule has 0 bridgehead atoms. The second kappa shape index (κ2) is 6.85. The minimum Gasteiger partial charge on any atom is -0.469 e. The van der Waals surface area contributed by atoms with Gasteiger partial charge in [0.05, 0.1) is 12.8 Å². The molecule has 0 fully saturated rings. The fourth-order valence-electron chi connectivity index (χ4n) is 1.40. The summed E-state index contributed by atoms with van der Waals surface area (Å²) in [6.07, 6.45) is 4.06. The molecular weight excluding hydrogens is 204 g/mol. The molecule has 1 aromatic rings. The Hall–Kier alpha value is -1.55. The summed E-state index contributed by atoms with van der Waals surface area (Å²) < 4.78 is 5.20. The minimum atomic E-state index is -0.0130. The number of amides is 1. The van der Waals surface area contributed by atoms with Crippen LogP contribution in [-0.4, -0.2) is 25.0 Å². The van der Waals surface area contributed by atoms with Gasteiger partial charge in [-0.05, 0) is 19.1 Å². The maximum absolute atomic E-state index is 11.4. The summed E-state index contributed by atoms with van der Waals surface area (Å²) in [4.78, 5) is 11.4. The van der Waals surface area contributed by atoms with E-state index in [1.807, 2.05) is 19.1 Å². The van der Waals surface area contributed by atoms with Crippen LogP contribution in [0, 0.1) is 0 Å². The van der Waals surface area contributed by atoms with Gasteiger partial charge in [0.15, 0.2) is 0 Å². The van der Waals surface area contributed by atoms with E-state index in [9.17, 15) is 4.79 Å². The minimum absolute atomic E-state index is 0.0130. The average Bonchev–Trinajstić information content (AvgIpc) is 2.70. The number of nitrogens with one attached hydrogen (secondary N) is 2. The Bertz CT molecular complexity index is 320. The monoisotopic (exact) mass is 222 g/mol. The van der Waals surface area contributed by atoms with Crippen molar-refractivity contribution in [3.63, 3.8) is 0 Å². The van der Waals surface area contributed by atoms with E-state index in [4.69, 9.17) is 4.42 Å². The lowest BCUT2D eigenvalue weighted by Gasteiger charge is -2.12. The Morgan fingerprint density at radius 3 is 3.12 bits per heavy atom. The lowest BCUT2D eigenvalue weighted by atomic mass is 10.2. The smallest absolute Gasteiger partial charge is 0.234 e. The molecule has 0 spiro atoms. The van der Waals surface area contributed by atoms with Crippen LogP contribution in [0.25, 0.3) is 0 Å². The van der Waals surface area contributed by atoms with Crippen LogP contribution < -0.4 is 10.6 Å². The van der Waals surface area contributed by atoms with Crippen molar-refractivity contribution in [2.24, 2.45) is 0 Å². The molecule has 1 heterocycles. The second-order valence-corrected chi connectivity index (χ2v) is 3.67. The van der Waals surface area contributed by atoms with Gasteiger partial charge in [-0.15, -0.1) is 6.58 Å². The van der Waals surface area contributed by atoms with Crippen LogP contribution in [0.3, 0.4) is 0 Å². The predicted octanol–water partition coefficient (Wildman–Crippen LogP) is 1.10.